The van der Waals surface area contributed by atoms with Crippen molar-refractivity contribution in [1.82, 2.24) is 15.1 Å². The van der Waals surface area contributed by atoms with Gasteiger partial charge in [-0.2, -0.15) is 10.4 Å². The zero-order valence-corrected chi connectivity index (χ0v) is 13.2. The van der Waals surface area contributed by atoms with Crippen LogP contribution in [0.5, 0.6) is 5.75 Å². The Morgan fingerprint density at radius 1 is 1.54 bits per heavy atom. The van der Waals surface area contributed by atoms with Crippen LogP contribution < -0.4 is 15.4 Å². The standard InChI is InChI=1S/C16H15N5O3/c1-9-7-18-16(23)14-12(8-19-21(9)14)20-15(22)10-3-4-13(24-2)11(5-10)6-17/h3-5,8-9H,7H2,1-2H3,(H,18,23)(H,20,22)/t9-/m0/s1. The number of amides is 2. The van der Waals surface area contributed by atoms with E-state index in [4.69, 9.17) is 10.00 Å². The lowest BCUT2D eigenvalue weighted by atomic mass is 10.1. The highest BCUT2D eigenvalue weighted by Gasteiger charge is 2.27. The van der Waals surface area contributed by atoms with Crippen LogP contribution in [0.3, 0.4) is 0 Å². The fourth-order valence-electron chi connectivity index (χ4n) is 2.56. The number of fused-ring (bicyclic) bond motifs is 1. The molecule has 1 aromatic carbocycles. The minimum absolute atomic E-state index is 0.00882. The lowest BCUT2D eigenvalue weighted by molar-refractivity contribution is 0.0913. The number of hydrogen-bond acceptors (Lipinski definition) is 5. The molecule has 0 aliphatic carbocycles. The van der Waals surface area contributed by atoms with Gasteiger partial charge in [0.25, 0.3) is 11.8 Å². The number of benzene rings is 1. The number of nitrogens with zero attached hydrogens (tertiary/aromatic N) is 3. The van der Waals surface area contributed by atoms with Gasteiger partial charge in [0.15, 0.2) is 0 Å². The maximum Gasteiger partial charge on any atom is 0.271 e. The fourth-order valence-corrected chi connectivity index (χ4v) is 2.56. The number of carbonyl (C=O) groups excluding carboxylic acids is 2. The molecule has 2 heterocycles. The molecule has 8 nitrogen and oxygen atoms in total. The second-order valence-corrected chi connectivity index (χ2v) is 5.39. The summed E-state index contributed by atoms with van der Waals surface area (Å²) in [7, 11) is 1.45. The van der Waals surface area contributed by atoms with Gasteiger partial charge in [-0.25, -0.2) is 0 Å². The molecule has 3 rings (SSSR count). The quantitative estimate of drug-likeness (QED) is 0.884. The smallest absolute Gasteiger partial charge is 0.271 e. The first kappa shape index (κ1) is 15.6. The molecule has 1 aliphatic heterocycles. The van der Waals surface area contributed by atoms with Gasteiger partial charge >= 0.3 is 0 Å². The minimum atomic E-state index is -0.434. The average Bonchev–Trinajstić information content (AvgIpc) is 3.02. The van der Waals surface area contributed by atoms with Gasteiger partial charge in [0, 0.05) is 12.1 Å². The van der Waals surface area contributed by atoms with E-state index in [0.717, 1.165) is 0 Å². The van der Waals surface area contributed by atoms with Crippen LogP contribution in [0, 0.1) is 11.3 Å². The number of hydrogen-bond donors (Lipinski definition) is 2. The Labute approximate surface area is 138 Å². The van der Waals surface area contributed by atoms with E-state index in [2.05, 4.69) is 15.7 Å². The highest BCUT2D eigenvalue weighted by atomic mass is 16.5. The summed E-state index contributed by atoms with van der Waals surface area (Å²) in [5.41, 5.74) is 1.19. The first-order valence-corrected chi connectivity index (χ1v) is 7.30. The Morgan fingerprint density at radius 2 is 2.33 bits per heavy atom. The molecule has 1 aliphatic rings. The molecule has 1 atom stereocenters. The summed E-state index contributed by atoms with van der Waals surface area (Å²) >= 11 is 0. The van der Waals surface area contributed by atoms with Crippen molar-refractivity contribution in [3.63, 3.8) is 0 Å². The van der Waals surface area contributed by atoms with Gasteiger partial charge in [-0.05, 0) is 25.1 Å². The predicted molar refractivity (Wildman–Crippen MR) is 84.9 cm³/mol. The normalized spacial score (nSPS) is 15.9. The molecule has 2 aromatic rings. The average molecular weight is 325 g/mol. The van der Waals surface area contributed by atoms with Crippen molar-refractivity contribution in [2.45, 2.75) is 13.0 Å². The van der Waals surface area contributed by atoms with Crippen molar-refractivity contribution in [2.24, 2.45) is 0 Å². The SMILES string of the molecule is COc1ccc(C(=O)Nc2cnn3c2C(=O)NC[C@@H]3C)cc1C#N. The van der Waals surface area contributed by atoms with Crippen LogP contribution >= 0.6 is 0 Å². The zero-order valence-electron chi connectivity index (χ0n) is 13.2. The van der Waals surface area contributed by atoms with Gasteiger partial charge in [0.2, 0.25) is 0 Å². The van der Waals surface area contributed by atoms with Crippen molar-refractivity contribution in [2.75, 3.05) is 19.0 Å². The first-order valence-electron chi connectivity index (χ1n) is 7.30. The van der Waals surface area contributed by atoms with Crippen LogP contribution in [0.2, 0.25) is 0 Å². The summed E-state index contributed by atoms with van der Waals surface area (Å²) in [6, 6.07) is 6.52. The molecule has 122 valence electrons. The van der Waals surface area contributed by atoms with E-state index in [0.29, 0.717) is 23.7 Å². The van der Waals surface area contributed by atoms with E-state index in [1.807, 2.05) is 13.0 Å². The number of aromatic nitrogens is 2. The Kier molecular flexibility index (Phi) is 3.92. The van der Waals surface area contributed by atoms with Gasteiger partial charge in [-0.1, -0.05) is 0 Å². The minimum Gasteiger partial charge on any atom is -0.495 e. The van der Waals surface area contributed by atoms with Crippen LogP contribution in [0.25, 0.3) is 0 Å². The number of carbonyl (C=O) groups is 2. The van der Waals surface area contributed by atoms with Gasteiger partial charge < -0.3 is 15.4 Å². The molecular weight excluding hydrogens is 310 g/mol. The summed E-state index contributed by atoms with van der Waals surface area (Å²) in [5.74, 6) is -0.325. The van der Waals surface area contributed by atoms with E-state index >= 15 is 0 Å². The Morgan fingerprint density at radius 3 is 3.04 bits per heavy atom. The van der Waals surface area contributed by atoms with E-state index < -0.39 is 5.91 Å². The molecule has 0 radical (unpaired) electrons. The largest absolute Gasteiger partial charge is 0.495 e. The van der Waals surface area contributed by atoms with Crippen LogP contribution in [-0.2, 0) is 0 Å². The summed E-state index contributed by atoms with van der Waals surface area (Å²) in [6.45, 7) is 2.41. The number of nitrogens with one attached hydrogen (secondary N) is 2. The van der Waals surface area contributed by atoms with Gasteiger partial charge in [0.05, 0.1) is 30.6 Å². The fraction of sp³-hybridized carbons (Fsp3) is 0.250. The Balaban J connectivity index is 1.89. The highest BCUT2D eigenvalue weighted by Crippen LogP contribution is 2.24. The van der Waals surface area contributed by atoms with E-state index in [9.17, 15) is 9.59 Å². The third-order valence-electron chi connectivity index (χ3n) is 3.82. The number of anilines is 1. The molecule has 24 heavy (non-hydrogen) atoms. The van der Waals surface area contributed by atoms with E-state index in [-0.39, 0.29) is 23.1 Å². The summed E-state index contributed by atoms with van der Waals surface area (Å²) < 4.78 is 6.64. The molecule has 0 spiro atoms. The highest BCUT2D eigenvalue weighted by molar-refractivity contribution is 6.08. The van der Waals surface area contributed by atoms with Crippen molar-refractivity contribution < 1.29 is 14.3 Å². The van der Waals surface area contributed by atoms with Crippen molar-refractivity contribution in [1.29, 1.82) is 5.26 Å². The molecule has 1 aromatic heterocycles. The molecule has 0 bridgehead atoms. The molecular formula is C16H15N5O3. The predicted octanol–water partition coefficient (Wildman–Crippen LogP) is 1.32. The van der Waals surface area contributed by atoms with Crippen LogP contribution in [0.1, 0.15) is 39.4 Å². The third-order valence-corrected chi connectivity index (χ3v) is 3.82. The number of ether oxygens (including phenoxy) is 1. The van der Waals surface area contributed by atoms with Crippen LogP contribution in [0.15, 0.2) is 24.4 Å². The molecule has 2 N–H and O–H groups in total. The third kappa shape index (κ3) is 2.56. The van der Waals surface area contributed by atoms with Crippen LogP contribution in [-0.4, -0.2) is 35.2 Å². The van der Waals surface area contributed by atoms with Crippen molar-refractivity contribution >= 4 is 17.5 Å². The number of rotatable bonds is 3. The van der Waals surface area contributed by atoms with Gasteiger partial charge in [0.1, 0.15) is 17.5 Å². The Bertz CT molecular complexity index is 865. The molecule has 0 saturated heterocycles. The lowest BCUT2D eigenvalue weighted by Gasteiger charge is -2.22. The Hall–Kier alpha value is -3.34. The second-order valence-electron chi connectivity index (χ2n) is 5.39. The molecule has 8 heteroatoms. The second kappa shape index (κ2) is 6.04. The molecule has 0 saturated carbocycles. The molecule has 2 amide bonds. The molecule has 0 unspecified atom stereocenters. The maximum atomic E-state index is 12.4. The monoisotopic (exact) mass is 325 g/mol. The maximum absolute atomic E-state index is 12.4. The number of methoxy groups -OCH3 is 1. The topological polar surface area (TPSA) is 109 Å². The summed E-state index contributed by atoms with van der Waals surface area (Å²) in [5, 5.41) is 18.7. The van der Waals surface area contributed by atoms with Crippen molar-refractivity contribution in [3.8, 4) is 11.8 Å². The van der Waals surface area contributed by atoms with Gasteiger partial charge in [-0.15, -0.1) is 0 Å². The van der Waals surface area contributed by atoms with Gasteiger partial charge in [-0.3, -0.25) is 14.3 Å². The van der Waals surface area contributed by atoms with Crippen LogP contribution in [0.4, 0.5) is 5.69 Å². The molecule has 0 fully saturated rings. The zero-order chi connectivity index (χ0) is 17.3. The first-order chi connectivity index (χ1) is 11.5. The van der Waals surface area contributed by atoms with E-state index in [1.165, 1.54) is 19.4 Å². The summed E-state index contributed by atoms with van der Waals surface area (Å²) in [6.07, 6.45) is 1.45. The number of nitriles is 1. The van der Waals surface area contributed by atoms with E-state index in [1.54, 1.807) is 16.8 Å². The lowest BCUT2D eigenvalue weighted by Crippen LogP contribution is -2.38. The summed E-state index contributed by atoms with van der Waals surface area (Å²) in [4.78, 5) is 24.5. The van der Waals surface area contributed by atoms with Crippen molar-refractivity contribution in [3.05, 3.63) is 41.2 Å².